The number of H-pyrrole nitrogens is 2. The number of aromatic nitrogens is 2. The number of hydrogen-bond donors (Lipinski definition) is 3. The van der Waals surface area contributed by atoms with Crippen molar-refractivity contribution >= 4 is 11.5 Å². The molecule has 104 valence electrons. The summed E-state index contributed by atoms with van der Waals surface area (Å²) in [6.07, 6.45) is 0. The summed E-state index contributed by atoms with van der Waals surface area (Å²) in [7, 11) is 0. The molecule has 2 aromatic carbocycles. The molecule has 5 nitrogen and oxygen atoms in total. The van der Waals surface area contributed by atoms with Gasteiger partial charge in [-0.05, 0) is 17.7 Å². The molecule has 1 aromatic heterocycles. The molecule has 0 bridgehead atoms. The van der Waals surface area contributed by atoms with Crippen LogP contribution in [0.25, 0.3) is 11.1 Å². The Morgan fingerprint density at radius 2 is 1.38 bits per heavy atom. The van der Waals surface area contributed by atoms with Gasteiger partial charge >= 0.3 is 5.69 Å². The van der Waals surface area contributed by atoms with Crippen LogP contribution < -0.4 is 16.6 Å². The van der Waals surface area contributed by atoms with Gasteiger partial charge in [0, 0.05) is 5.69 Å². The van der Waals surface area contributed by atoms with Crippen molar-refractivity contribution < 1.29 is 0 Å². The summed E-state index contributed by atoms with van der Waals surface area (Å²) in [4.78, 5) is 28.6. The van der Waals surface area contributed by atoms with Crippen LogP contribution in [0.3, 0.4) is 0 Å². The van der Waals surface area contributed by atoms with Gasteiger partial charge in [0.05, 0.1) is 5.56 Å². The molecule has 0 fully saturated rings. The van der Waals surface area contributed by atoms with Crippen molar-refractivity contribution in [2.45, 2.75) is 0 Å². The lowest BCUT2D eigenvalue weighted by molar-refractivity contribution is 1.04. The zero-order chi connectivity index (χ0) is 14.7. The Labute approximate surface area is 120 Å². The van der Waals surface area contributed by atoms with Crippen LogP contribution in [0, 0.1) is 0 Å². The Hall–Kier alpha value is -3.08. The predicted octanol–water partition coefficient (Wildman–Crippen LogP) is 2.47. The Balaban J connectivity index is 2.16. The van der Waals surface area contributed by atoms with Crippen molar-refractivity contribution in [3.8, 4) is 11.1 Å². The maximum atomic E-state index is 12.1. The highest BCUT2D eigenvalue weighted by Crippen LogP contribution is 2.23. The number of aromatic amines is 2. The van der Waals surface area contributed by atoms with Crippen LogP contribution in [0.1, 0.15) is 0 Å². The van der Waals surface area contributed by atoms with Gasteiger partial charge in [-0.2, -0.15) is 0 Å². The van der Waals surface area contributed by atoms with Crippen molar-refractivity contribution in [2.24, 2.45) is 0 Å². The van der Waals surface area contributed by atoms with Crippen molar-refractivity contribution in [3.05, 3.63) is 81.5 Å². The fourth-order valence-electron chi connectivity index (χ4n) is 2.13. The molecule has 0 radical (unpaired) electrons. The van der Waals surface area contributed by atoms with E-state index in [1.807, 2.05) is 60.7 Å². The molecule has 0 unspecified atom stereocenters. The van der Waals surface area contributed by atoms with E-state index in [1.165, 1.54) is 0 Å². The van der Waals surface area contributed by atoms with Crippen molar-refractivity contribution in [3.63, 3.8) is 0 Å². The Kier molecular flexibility index (Phi) is 3.39. The van der Waals surface area contributed by atoms with Crippen LogP contribution in [0.4, 0.5) is 11.5 Å². The van der Waals surface area contributed by atoms with Gasteiger partial charge in [-0.25, -0.2) is 4.79 Å². The summed E-state index contributed by atoms with van der Waals surface area (Å²) in [6.45, 7) is 0. The average Bonchev–Trinajstić information content (AvgIpc) is 2.48. The lowest BCUT2D eigenvalue weighted by Crippen LogP contribution is -2.25. The molecule has 0 aliphatic heterocycles. The first-order valence-corrected chi connectivity index (χ1v) is 6.48. The van der Waals surface area contributed by atoms with E-state index in [-0.39, 0.29) is 0 Å². The van der Waals surface area contributed by atoms with Crippen LogP contribution in [0.15, 0.2) is 70.3 Å². The number of rotatable bonds is 3. The molecular weight excluding hydrogens is 266 g/mol. The molecule has 3 rings (SSSR count). The lowest BCUT2D eigenvalue weighted by Gasteiger charge is -2.10. The molecule has 3 N–H and O–H groups in total. The monoisotopic (exact) mass is 279 g/mol. The van der Waals surface area contributed by atoms with Crippen molar-refractivity contribution in [1.82, 2.24) is 9.97 Å². The molecule has 5 heteroatoms. The van der Waals surface area contributed by atoms with E-state index >= 15 is 0 Å². The van der Waals surface area contributed by atoms with E-state index in [0.29, 0.717) is 11.4 Å². The van der Waals surface area contributed by atoms with Gasteiger partial charge in [0.25, 0.3) is 5.56 Å². The first-order chi connectivity index (χ1) is 10.2. The zero-order valence-corrected chi connectivity index (χ0v) is 11.1. The molecule has 0 saturated heterocycles. The second kappa shape index (κ2) is 5.50. The van der Waals surface area contributed by atoms with Crippen molar-refractivity contribution in [2.75, 3.05) is 5.32 Å². The number of para-hydroxylation sites is 1. The Bertz CT molecular complexity index is 852. The smallest absolute Gasteiger partial charge is 0.327 e. The fourth-order valence-corrected chi connectivity index (χ4v) is 2.13. The van der Waals surface area contributed by atoms with Gasteiger partial charge in [-0.3, -0.25) is 14.8 Å². The minimum atomic E-state index is -0.543. The van der Waals surface area contributed by atoms with E-state index in [2.05, 4.69) is 15.3 Å². The first kappa shape index (κ1) is 12.9. The summed E-state index contributed by atoms with van der Waals surface area (Å²) in [6, 6.07) is 18.5. The van der Waals surface area contributed by atoms with Gasteiger partial charge in [0.1, 0.15) is 5.82 Å². The molecule has 0 amide bonds. The zero-order valence-electron chi connectivity index (χ0n) is 11.1. The van der Waals surface area contributed by atoms with Gasteiger partial charge in [-0.15, -0.1) is 0 Å². The second-order valence-corrected chi connectivity index (χ2v) is 4.52. The van der Waals surface area contributed by atoms with E-state index in [4.69, 9.17) is 0 Å². The van der Waals surface area contributed by atoms with Crippen LogP contribution in [0.2, 0.25) is 0 Å². The molecule has 0 aliphatic rings. The summed E-state index contributed by atoms with van der Waals surface area (Å²) >= 11 is 0. The van der Waals surface area contributed by atoms with Gasteiger partial charge in [0.2, 0.25) is 0 Å². The van der Waals surface area contributed by atoms with E-state index in [0.717, 1.165) is 11.3 Å². The number of hydrogen-bond acceptors (Lipinski definition) is 3. The minimum Gasteiger partial charge on any atom is -0.341 e. The topological polar surface area (TPSA) is 77.8 Å². The first-order valence-electron chi connectivity index (χ1n) is 6.48. The lowest BCUT2D eigenvalue weighted by atomic mass is 10.1. The maximum absolute atomic E-state index is 12.1. The van der Waals surface area contributed by atoms with Crippen LogP contribution in [-0.2, 0) is 0 Å². The molecular formula is C16H13N3O2. The molecule has 21 heavy (non-hydrogen) atoms. The Morgan fingerprint density at radius 3 is 2.05 bits per heavy atom. The maximum Gasteiger partial charge on any atom is 0.327 e. The largest absolute Gasteiger partial charge is 0.341 e. The van der Waals surface area contributed by atoms with Crippen LogP contribution >= 0.6 is 0 Å². The summed E-state index contributed by atoms with van der Waals surface area (Å²) in [5, 5.41) is 3.08. The SMILES string of the molecule is O=c1[nH]c(Nc2ccccc2)c(-c2ccccc2)c(=O)[nH]1. The minimum absolute atomic E-state index is 0.376. The molecule has 0 spiro atoms. The highest BCUT2D eigenvalue weighted by molar-refractivity contribution is 5.77. The van der Waals surface area contributed by atoms with Gasteiger partial charge in [0.15, 0.2) is 0 Å². The third-order valence-corrected chi connectivity index (χ3v) is 3.05. The molecule has 0 atom stereocenters. The summed E-state index contributed by atoms with van der Waals surface area (Å²) in [5.41, 5.74) is 0.949. The molecule has 1 heterocycles. The summed E-state index contributed by atoms with van der Waals surface area (Å²) in [5.74, 6) is 0.376. The number of benzene rings is 2. The highest BCUT2D eigenvalue weighted by atomic mass is 16.2. The third-order valence-electron chi connectivity index (χ3n) is 3.05. The normalized spacial score (nSPS) is 10.3. The Morgan fingerprint density at radius 1 is 0.762 bits per heavy atom. The molecule has 3 aromatic rings. The molecule has 0 aliphatic carbocycles. The van der Waals surface area contributed by atoms with Crippen LogP contribution in [0.5, 0.6) is 0 Å². The standard InChI is InChI=1S/C16H13N3O2/c20-15-13(11-7-3-1-4-8-11)14(18-16(21)19-15)17-12-9-5-2-6-10-12/h1-10H,(H3,17,18,19,20,21). The second-order valence-electron chi connectivity index (χ2n) is 4.52. The molecule has 0 saturated carbocycles. The van der Waals surface area contributed by atoms with E-state index in [1.54, 1.807) is 0 Å². The van der Waals surface area contributed by atoms with Gasteiger partial charge < -0.3 is 5.32 Å². The van der Waals surface area contributed by atoms with E-state index in [9.17, 15) is 9.59 Å². The number of anilines is 2. The predicted molar refractivity (Wildman–Crippen MR) is 82.8 cm³/mol. The fraction of sp³-hybridized carbons (Fsp3) is 0. The van der Waals surface area contributed by atoms with Gasteiger partial charge in [-0.1, -0.05) is 48.5 Å². The summed E-state index contributed by atoms with van der Waals surface area (Å²) < 4.78 is 0. The average molecular weight is 279 g/mol. The van der Waals surface area contributed by atoms with Crippen LogP contribution in [-0.4, -0.2) is 9.97 Å². The third kappa shape index (κ3) is 2.76. The van der Waals surface area contributed by atoms with E-state index < -0.39 is 11.2 Å². The van der Waals surface area contributed by atoms with Crippen molar-refractivity contribution in [1.29, 1.82) is 0 Å². The highest BCUT2D eigenvalue weighted by Gasteiger charge is 2.11. The quantitative estimate of drug-likeness (QED) is 0.689. The number of nitrogens with one attached hydrogen (secondary N) is 3.